The highest BCUT2D eigenvalue weighted by molar-refractivity contribution is 5.93. The monoisotopic (exact) mass is 498 g/mol. The number of fused-ring (bicyclic) bond motifs is 1. The van der Waals surface area contributed by atoms with Gasteiger partial charge in [0.05, 0.1) is 30.0 Å². The molecule has 0 spiro atoms. The number of aromatic nitrogens is 6. The van der Waals surface area contributed by atoms with Gasteiger partial charge in [-0.3, -0.25) is 14.7 Å². The summed E-state index contributed by atoms with van der Waals surface area (Å²) in [4.78, 5) is 35.3. The van der Waals surface area contributed by atoms with Crippen LogP contribution in [-0.4, -0.2) is 59.6 Å². The van der Waals surface area contributed by atoms with E-state index in [1.165, 1.54) is 22.8 Å². The lowest BCUT2D eigenvalue weighted by atomic mass is 9.94. The van der Waals surface area contributed by atoms with E-state index in [-0.39, 0.29) is 30.1 Å². The molecular weight excluding hydrogens is 477 g/mol. The topological polar surface area (TPSA) is 121 Å². The highest BCUT2D eigenvalue weighted by atomic mass is 19.4. The molecule has 186 valence electrons. The summed E-state index contributed by atoms with van der Waals surface area (Å²) in [6.07, 6.45) is 2.55. The predicted octanol–water partition coefficient (Wildman–Crippen LogP) is 3.02. The maximum absolute atomic E-state index is 13.1. The molecule has 4 aromatic rings. The molecule has 0 saturated carbocycles. The zero-order chi connectivity index (χ0) is 25.3. The highest BCUT2D eigenvalue weighted by Gasteiger charge is 2.32. The zero-order valence-corrected chi connectivity index (χ0v) is 18.9. The van der Waals surface area contributed by atoms with Crippen LogP contribution in [0.15, 0.2) is 48.9 Å². The van der Waals surface area contributed by atoms with Gasteiger partial charge in [-0.2, -0.15) is 23.3 Å². The number of rotatable bonds is 5. The van der Waals surface area contributed by atoms with E-state index < -0.39 is 17.6 Å². The summed E-state index contributed by atoms with van der Waals surface area (Å²) in [5, 5.41) is 13.6. The Hall–Kier alpha value is -4.29. The Morgan fingerprint density at radius 3 is 2.72 bits per heavy atom. The summed E-state index contributed by atoms with van der Waals surface area (Å²) in [6, 6.07) is 6.12. The van der Waals surface area contributed by atoms with Crippen molar-refractivity contribution in [2.24, 2.45) is 0 Å². The molecule has 1 saturated heterocycles. The smallest absolute Gasteiger partial charge is 0.340 e. The predicted molar refractivity (Wildman–Crippen MR) is 120 cm³/mol. The molecule has 0 aliphatic carbocycles. The van der Waals surface area contributed by atoms with E-state index in [0.717, 1.165) is 25.0 Å². The van der Waals surface area contributed by atoms with Crippen LogP contribution in [0.25, 0.3) is 16.9 Å². The van der Waals surface area contributed by atoms with Gasteiger partial charge in [0, 0.05) is 24.5 Å². The largest absolute Gasteiger partial charge is 0.416 e. The van der Waals surface area contributed by atoms with Crippen molar-refractivity contribution in [2.45, 2.75) is 31.5 Å². The fraction of sp³-hybridized carbons (Fsp3) is 0.304. The summed E-state index contributed by atoms with van der Waals surface area (Å²) < 4.78 is 40.2. The number of nitrogens with zero attached hydrogens (tertiary/aromatic N) is 6. The van der Waals surface area contributed by atoms with E-state index in [1.54, 1.807) is 23.4 Å². The van der Waals surface area contributed by atoms with Crippen molar-refractivity contribution in [3.8, 4) is 11.1 Å². The number of amides is 2. The van der Waals surface area contributed by atoms with Crippen LogP contribution >= 0.6 is 0 Å². The number of carbonyl (C=O) groups excluding carboxylic acids is 2. The van der Waals surface area contributed by atoms with Crippen LogP contribution in [0.3, 0.4) is 0 Å². The van der Waals surface area contributed by atoms with Gasteiger partial charge >= 0.3 is 6.18 Å². The number of carbonyl (C=O) groups is 2. The minimum atomic E-state index is -4.43. The van der Waals surface area contributed by atoms with Crippen LogP contribution < -0.4 is 5.32 Å². The van der Waals surface area contributed by atoms with Crippen molar-refractivity contribution < 1.29 is 22.8 Å². The third kappa shape index (κ3) is 4.63. The van der Waals surface area contributed by atoms with Crippen LogP contribution in [0, 0.1) is 0 Å². The van der Waals surface area contributed by atoms with E-state index in [4.69, 9.17) is 0 Å². The first-order valence-corrected chi connectivity index (χ1v) is 11.3. The van der Waals surface area contributed by atoms with Crippen LogP contribution in [-0.2, 0) is 11.0 Å². The molecule has 0 bridgehead atoms. The van der Waals surface area contributed by atoms with Crippen molar-refractivity contribution in [3.05, 3.63) is 66.0 Å². The van der Waals surface area contributed by atoms with Gasteiger partial charge in [0.2, 0.25) is 11.7 Å². The molecule has 3 aromatic heterocycles. The van der Waals surface area contributed by atoms with Crippen LogP contribution in [0.5, 0.6) is 0 Å². The summed E-state index contributed by atoms with van der Waals surface area (Å²) >= 11 is 0. The van der Waals surface area contributed by atoms with Gasteiger partial charge in [0.25, 0.3) is 11.7 Å². The number of likely N-dealkylation sites (tertiary alicyclic amines) is 1. The quantitative estimate of drug-likeness (QED) is 0.436. The van der Waals surface area contributed by atoms with Gasteiger partial charge in [-0.15, -0.1) is 5.10 Å². The molecule has 36 heavy (non-hydrogen) atoms. The van der Waals surface area contributed by atoms with E-state index in [2.05, 4.69) is 30.6 Å². The molecule has 1 fully saturated rings. The standard InChI is InChI=1S/C23H21F3N8O2/c24-23(25,26)15-7-5-14(6-8-15)16-12-29-31-19(16)17-4-1-2-10-33(17)18(35)13-28-21(36)20-30-22-27-9-3-11-34(22)32-20/h3,5-9,11-12,17H,1-2,4,10,13H2,(H,28,36)(H,29,31)/t17-/m1/s1. The van der Waals surface area contributed by atoms with E-state index >= 15 is 0 Å². The second-order valence-electron chi connectivity index (χ2n) is 8.35. The molecule has 1 aliphatic heterocycles. The van der Waals surface area contributed by atoms with Gasteiger partial charge in [-0.25, -0.2) is 9.50 Å². The van der Waals surface area contributed by atoms with E-state index in [9.17, 15) is 22.8 Å². The van der Waals surface area contributed by atoms with E-state index in [0.29, 0.717) is 29.8 Å². The molecule has 4 heterocycles. The molecule has 13 heteroatoms. The second-order valence-corrected chi connectivity index (χ2v) is 8.35. The van der Waals surface area contributed by atoms with Gasteiger partial charge in [0.15, 0.2) is 0 Å². The average molecular weight is 498 g/mol. The Morgan fingerprint density at radius 2 is 1.97 bits per heavy atom. The van der Waals surface area contributed by atoms with Gasteiger partial charge in [-0.1, -0.05) is 12.1 Å². The minimum absolute atomic E-state index is 0.102. The van der Waals surface area contributed by atoms with Crippen molar-refractivity contribution in [1.29, 1.82) is 0 Å². The van der Waals surface area contributed by atoms with E-state index in [1.807, 2.05) is 0 Å². The first-order valence-electron chi connectivity index (χ1n) is 11.3. The summed E-state index contributed by atoms with van der Waals surface area (Å²) in [5.74, 6) is -0.743. The van der Waals surface area contributed by atoms with Crippen molar-refractivity contribution in [3.63, 3.8) is 0 Å². The summed E-state index contributed by atoms with van der Waals surface area (Å²) in [7, 11) is 0. The third-order valence-electron chi connectivity index (χ3n) is 6.07. The number of alkyl halides is 3. The maximum Gasteiger partial charge on any atom is 0.416 e. The first kappa shape index (κ1) is 23.5. The second kappa shape index (κ2) is 9.40. The van der Waals surface area contributed by atoms with Crippen LogP contribution in [0.2, 0.25) is 0 Å². The number of benzene rings is 1. The first-order chi connectivity index (χ1) is 17.3. The average Bonchev–Trinajstić information content (AvgIpc) is 3.54. The van der Waals surface area contributed by atoms with Crippen LogP contribution in [0.1, 0.15) is 47.2 Å². The number of aromatic amines is 1. The lowest BCUT2D eigenvalue weighted by molar-refractivity contribution is -0.137. The highest BCUT2D eigenvalue weighted by Crippen LogP contribution is 2.37. The fourth-order valence-corrected chi connectivity index (χ4v) is 4.31. The molecule has 1 aliphatic rings. The molecular formula is C23H21F3N8O2. The molecule has 1 aromatic carbocycles. The molecule has 10 nitrogen and oxygen atoms in total. The number of hydrogen-bond donors (Lipinski definition) is 2. The number of piperidine rings is 1. The molecule has 5 rings (SSSR count). The number of hydrogen-bond acceptors (Lipinski definition) is 6. The van der Waals surface area contributed by atoms with Gasteiger partial charge in [-0.05, 0) is 43.0 Å². The lowest BCUT2D eigenvalue weighted by Gasteiger charge is -2.35. The summed E-state index contributed by atoms with van der Waals surface area (Å²) in [6.45, 7) is 0.212. The van der Waals surface area contributed by atoms with Crippen LogP contribution in [0.4, 0.5) is 13.2 Å². The SMILES string of the molecule is O=C(NCC(=O)N1CCCC[C@@H]1c1[nH]ncc1-c1ccc(C(F)(F)F)cc1)c1nc2ncccn2n1. The number of nitrogens with one attached hydrogen (secondary N) is 2. The van der Waals surface area contributed by atoms with Gasteiger partial charge in [0.1, 0.15) is 0 Å². The summed E-state index contributed by atoms with van der Waals surface area (Å²) in [5.41, 5.74) is 1.09. The Kier molecular flexibility index (Phi) is 6.12. The molecule has 1 atom stereocenters. The fourth-order valence-electron chi connectivity index (χ4n) is 4.31. The zero-order valence-electron chi connectivity index (χ0n) is 18.9. The minimum Gasteiger partial charge on any atom is -0.340 e. The maximum atomic E-state index is 13.1. The lowest BCUT2D eigenvalue weighted by Crippen LogP contribution is -2.44. The number of halogens is 3. The van der Waals surface area contributed by atoms with Crippen molar-refractivity contribution in [2.75, 3.05) is 13.1 Å². The third-order valence-corrected chi connectivity index (χ3v) is 6.07. The molecule has 2 N–H and O–H groups in total. The Bertz CT molecular complexity index is 1360. The normalized spacial score (nSPS) is 16.3. The molecule has 2 amide bonds. The Labute approximate surface area is 202 Å². The molecule has 0 radical (unpaired) electrons. The Balaban J connectivity index is 1.31. The van der Waals surface area contributed by atoms with Crippen molar-refractivity contribution in [1.82, 2.24) is 40.0 Å². The Morgan fingerprint density at radius 1 is 1.17 bits per heavy atom. The molecule has 0 unspecified atom stereocenters. The van der Waals surface area contributed by atoms with Gasteiger partial charge < -0.3 is 10.2 Å². The number of H-pyrrole nitrogens is 1. The van der Waals surface area contributed by atoms with Crippen molar-refractivity contribution >= 4 is 17.6 Å².